The summed E-state index contributed by atoms with van der Waals surface area (Å²) in [6.45, 7) is 1.86. The van der Waals surface area contributed by atoms with Gasteiger partial charge in [0.2, 0.25) is 0 Å². The topological polar surface area (TPSA) is 55.4 Å². The van der Waals surface area contributed by atoms with E-state index in [2.05, 4.69) is 26.0 Å². The molecule has 0 heterocycles. The monoisotopic (exact) mass is 347 g/mol. The van der Waals surface area contributed by atoms with Gasteiger partial charge in [-0.3, -0.25) is 4.79 Å². The van der Waals surface area contributed by atoms with E-state index in [1.807, 2.05) is 6.92 Å². The molecule has 0 aliphatic rings. The minimum atomic E-state index is -0.436. The number of amides is 1. The van der Waals surface area contributed by atoms with Gasteiger partial charge in [0.1, 0.15) is 0 Å². The predicted molar refractivity (Wildman–Crippen MR) is 84.6 cm³/mol. The largest absolute Gasteiger partial charge is 0.465 e. The fourth-order valence-electron chi connectivity index (χ4n) is 1.80. The van der Waals surface area contributed by atoms with Gasteiger partial charge >= 0.3 is 5.97 Å². The minimum Gasteiger partial charge on any atom is -0.465 e. The second kappa shape index (κ2) is 6.54. The number of benzene rings is 2. The van der Waals surface area contributed by atoms with Crippen molar-refractivity contribution in [3.8, 4) is 0 Å². The van der Waals surface area contributed by atoms with Crippen molar-refractivity contribution < 1.29 is 14.3 Å². The third-order valence-electron chi connectivity index (χ3n) is 3.01. The van der Waals surface area contributed by atoms with E-state index >= 15 is 0 Å². The number of halogens is 1. The number of methoxy groups -OCH3 is 1. The van der Waals surface area contributed by atoms with Crippen LogP contribution in [0.5, 0.6) is 0 Å². The summed E-state index contributed by atoms with van der Waals surface area (Å²) in [5.74, 6) is -0.665. The van der Waals surface area contributed by atoms with Gasteiger partial charge in [-0.2, -0.15) is 0 Å². The molecule has 0 saturated heterocycles. The lowest BCUT2D eigenvalue weighted by molar-refractivity contribution is 0.0600. The Hall–Kier alpha value is -2.14. The van der Waals surface area contributed by atoms with Crippen LogP contribution < -0.4 is 5.32 Å². The highest BCUT2D eigenvalue weighted by atomic mass is 79.9. The highest BCUT2D eigenvalue weighted by Crippen LogP contribution is 2.19. The summed E-state index contributed by atoms with van der Waals surface area (Å²) in [5, 5.41) is 2.80. The van der Waals surface area contributed by atoms with Gasteiger partial charge in [0.05, 0.1) is 12.7 Å². The van der Waals surface area contributed by atoms with Gasteiger partial charge in [0, 0.05) is 15.7 Å². The number of ether oxygens (including phenoxy) is 1. The molecule has 2 aromatic carbocycles. The maximum absolute atomic E-state index is 12.2. The number of carbonyl (C=O) groups is 2. The summed E-state index contributed by atoms with van der Waals surface area (Å²) in [4.78, 5) is 23.7. The molecular formula is C16H14BrNO3. The molecule has 2 rings (SSSR count). The van der Waals surface area contributed by atoms with Crippen molar-refractivity contribution in [1.29, 1.82) is 0 Å². The Labute approximate surface area is 131 Å². The van der Waals surface area contributed by atoms with Crippen LogP contribution in [0.2, 0.25) is 0 Å². The highest BCUT2D eigenvalue weighted by Gasteiger charge is 2.11. The molecule has 1 amide bonds. The normalized spacial score (nSPS) is 10.0. The van der Waals surface area contributed by atoms with E-state index in [0.29, 0.717) is 16.8 Å². The van der Waals surface area contributed by atoms with Crippen LogP contribution in [0.15, 0.2) is 46.9 Å². The molecule has 21 heavy (non-hydrogen) atoms. The first-order chi connectivity index (χ1) is 10.0. The molecule has 0 aliphatic carbocycles. The van der Waals surface area contributed by atoms with Crippen LogP contribution in [0.1, 0.15) is 26.3 Å². The number of aryl methyl sites for hydroxylation is 1. The third-order valence-corrected chi connectivity index (χ3v) is 3.54. The third kappa shape index (κ3) is 3.70. The summed E-state index contributed by atoms with van der Waals surface area (Å²) >= 11 is 3.32. The van der Waals surface area contributed by atoms with E-state index < -0.39 is 5.97 Å². The number of hydrogen-bond acceptors (Lipinski definition) is 3. The standard InChI is InChI=1S/C16H14BrNO3/c1-10-3-4-12(16(20)21-2)9-14(10)18-15(19)11-5-7-13(17)8-6-11/h3-9H,1-2H3,(H,18,19). The summed E-state index contributed by atoms with van der Waals surface area (Å²) in [6.07, 6.45) is 0. The fraction of sp³-hybridized carbons (Fsp3) is 0.125. The summed E-state index contributed by atoms with van der Waals surface area (Å²) in [6, 6.07) is 12.1. The maximum Gasteiger partial charge on any atom is 0.337 e. The summed E-state index contributed by atoms with van der Waals surface area (Å²) < 4.78 is 5.58. The van der Waals surface area contributed by atoms with Gasteiger partial charge in [-0.1, -0.05) is 22.0 Å². The van der Waals surface area contributed by atoms with Crippen molar-refractivity contribution in [2.75, 3.05) is 12.4 Å². The van der Waals surface area contributed by atoms with Crippen molar-refractivity contribution >= 4 is 33.5 Å². The number of rotatable bonds is 3. The van der Waals surface area contributed by atoms with Gasteiger partial charge in [-0.25, -0.2) is 4.79 Å². The SMILES string of the molecule is COC(=O)c1ccc(C)c(NC(=O)c2ccc(Br)cc2)c1. The van der Waals surface area contributed by atoms with Crippen LogP contribution >= 0.6 is 15.9 Å². The molecule has 0 unspecified atom stereocenters. The Morgan fingerprint density at radius 2 is 1.67 bits per heavy atom. The predicted octanol–water partition coefficient (Wildman–Crippen LogP) is 3.80. The maximum atomic E-state index is 12.2. The Morgan fingerprint density at radius 3 is 2.29 bits per heavy atom. The molecule has 0 spiro atoms. The minimum absolute atomic E-state index is 0.229. The summed E-state index contributed by atoms with van der Waals surface area (Å²) in [5.41, 5.74) is 2.40. The van der Waals surface area contributed by atoms with Gasteiger partial charge in [-0.15, -0.1) is 0 Å². The van der Waals surface area contributed by atoms with Gasteiger partial charge < -0.3 is 10.1 Å². The second-order valence-electron chi connectivity index (χ2n) is 4.48. The number of anilines is 1. The molecular weight excluding hydrogens is 334 g/mol. The van der Waals surface area contributed by atoms with E-state index in [-0.39, 0.29) is 5.91 Å². The fourth-order valence-corrected chi connectivity index (χ4v) is 2.06. The van der Waals surface area contributed by atoms with Crippen molar-refractivity contribution in [2.45, 2.75) is 6.92 Å². The highest BCUT2D eigenvalue weighted by molar-refractivity contribution is 9.10. The molecule has 4 nitrogen and oxygen atoms in total. The first-order valence-corrected chi connectivity index (χ1v) is 7.06. The zero-order valence-electron chi connectivity index (χ0n) is 11.6. The number of nitrogens with one attached hydrogen (secondary N) is 1. The van der Waals surface area contributed by atoms with Gasteiger partial charge in [0.15, 0.2) is 0 Å². The molecule has 0 saturated carbocycles. The zero-order chi connectivity index (χ0) is 15.4. The molecule has 0 radical (unpaired) electrons. The van der Waals surface area contributed by atoms with Crippen LogP contribution in [0.4, 0.5) is 5.69 Å². The van der Waals surface area contributed by atoms with Crippen LogP contribution in [0, 0.1) is 6.92 Å². The van der Waals surface area contributed by atoms with Crippen molar-refractivity contribution in [1.82, 2.24) is 0 Å². The molecule has 0 aromatic heterocycles. The van der Waals surface area contributed by atoms with Crippen LogP contribution in [0.3, 0.4) is 0 Å². The molecule has 0 fully saturated rings. The van der Waals surface area contributed by atoms with Crippen LogP contribution in [0.25, 0.3) is 0 Å². The van der Waals surface area contributed by atoms with E-state index in [9.17, 15) is 9.59 Å². The molecule has 0 bridgehead atoms. The lowest BCUT2D eigenvalue weighted by atomic mass is 10.1. The molecule has 0 atom stereocenters. The molecule has 0 aliphatic heterocycles. The van der Waals surface area contributed by atoms with Crippen molar-refractivity contribution in [3.05, 3.63) is 63.6 Å². The second-order valence-corrected chi connectivity index (χ2v) is 5.40. The van der Waals surface area contributed by atoms with E-state index in [0.717, 1.165) is 10.0 Å². The Balaban J connectivity index is 2.24. The zero-order valence-corrected chi connectivity index (χ0v) is 13.2. The van der Waals surface area contributed by atoms with Crippen LogP contribution in [-0.2, 0) is 4.74 Å². The number of esters is 1. The molecule has 2 aromatic rings. The first-order valence-electron chi connectivity index (χ1n) is 6.27. The number of hydrogen-bond donors (Lipinski definition) is 1. The average Bonchev–Trinajstić information content (AvgIpc) is 2.49. The Bertz CT molecular complexity index is 680. The Morgan fingerprint density at radius 1 is 1.05 bits per heavy atom. The quantitative estimate of drug-likeness (QED) is 0.859. The molecule has 5 heteroatoms. The molecule has 1 N–H and O–H groups in total. The Kier molecular flexibility index (Phi) is 4.75. The number of carbonyl (C=O) groups excluding carboxylic acids is 2. The first kappa shape index (κ1) is 15.3. The lowest BCUT2D eigenvalue weighted by Gasteiger charge is -2.10. The van der Waals surface area contributed by atoms with Crippen LogP contribution in [-0.4, -0.2) is 19.0 Å². The van der Waals surface area contributed by atoms with E-state index in [1.54, 1.807) is 42.5 Å². The average molecular weight is 348 g/mol. The van der Waals surface area contributed by atoms with Gasteiger partial charge in [-0.05, 0) is 48.9 Å². The summed E-state index contributed by atoms with van der Waals surface area (Å²) in [7, 11) is 1.32. The lowest BCUT2D eigenvalue weighted by Crippen LogP contribution is -2.13. The van der Waals surface area contributed by atoms with E-state index in [1.165, 1.54) is 7.11 Å². The smallest absolute Gasteiger partial charge is 0.337 e. The van der Waals surface area contributed by atoms with Crippen molar-refractivity contribution in [2.24, 2.45) is 0 Å². The van der Waals surface area contributed by atoms with Crippen molar-refractivity contribution in [3.63, 3.8) is 0 Å². The van der Waals surface area contributed by atoms with Gasteiger partial charge in [0.25, 0.3) is 5.91 Å². The van der Waals surface area contributed by atoms with E-state index in [4.69, 9.17) is 0 Å². The molecule has 108 valence electrons.